The van der Waals surface area contributed by atoms with Gasteiger partial charge in [0.05, 0.1) is 13.0 Å². The fourth-order valence-electron chi connectivity index (χ4n) is 2.34. The Hall–Kier alpha value is -2.91. The highest BCUT2D eigenvalue weighted by Gasteiger charge is 2.31. The van der Waals surface area contributed by atoms with E-state index in [9.17, 15) is 33.9 Å². The van der Waals surface area contributed by atoms with Gasteiger partial charge in [-0.05, 0) is 24.9 Å². The maximum absolute atomic E-state index is 12.6. The average Bonchev–Trinajstić information content (AvgIpc) is 2.71. The van der Waals surface area contributed by atoms with Gasteiger partial charge in [-0.2, -0.15) is 11.8 Å². The monoisotopic (exact) mass is 479 g/mol. The summed E-state index contributed by atoms with van der Waals surface area (Å²) >= 11 is 1.36. The Morgan fingerprint density at radius 1 is 0.875 bits per heavy atom. The molecular formula is C17H29N5O9S. The number of carboxylic acids is 2. The van der Waals surface area contributed by atoms with E-state index in [1.54, 1.807) is 6.26 Å². The molecule has 0 aromatic rings. The summed E-state index contributed by atoms with van der Waals surface area (Å²) in [6.07, 6.45) is 0.291. The topological polar surface area (TPSA) is 251 Å². The van der Waals surface area contributed by atoms with Gasteiger partial charge in [0.15, 0.2) is 0 Å². The molecule has 0 aromatic heterocycles. The van der Waals surface area contributed by atoms with Crippen LogP contribution in [0.1, 0.15) is 25.7 Å². The molecule has 4 unspecified atom stereocenters. The van der Waals surface area contributed by atoms with Gasteiger partial charge in [-0.1, -0.05) is 0 Å². The Kier molecular flexibility index (Phi) is 13.6. The normalized spacial score (nSPS) is 14.3. The van der Waals surface area contributed by atoms with Gasteiger partial charge in [0.2, 0.25) is 23.6 Å². The SMILES string of the molecule is CSCCC(NC(=O)C(N)CO)C(=O)NC(CC(=O)O)C(=O)NC(CCC(N)=O)C(=O)O. The number of nitrogens with one attached hydrogen (secondary N) is 3. The number of carboxylic acid groups (broad SMARTS) is 2. The van der Waals surface area contributed by atoms with Crippen molar-refractivity contribution in [3.05, 3.63) is 0 Å². The molecule has 0 aliphatic heterocycles. The third-order valence-corrected chi connectivity index (χ3v) is 4.73. The van der Waals surface area contributed by atoms with Crippen LogP contribution in [-0.4, -0.2) is 93.7 Å². The van der Waals surface area contributed by atoms with Crippen molar-refractivity contribution in [3.8, 4) is 0 Å². The molecule has 0 aliphatic rings. The first-order valence-corrected chi connectivity index (χ1v) is 10.8. The minimum absolute atomic E-state index is 0.106. The molecule has 0 fully saturated rings. The fourth-order valence-corrected chi connectivity index (χ4v) is 2.81. The number of carbonyl (C=O) groups excluding carboxylic acids is 4. The summed E-state index contributed by atoms with van der Waals surface area (Å²) in [5.41, 5.74) is 10.4. The second-order valence-corrected chi connectivity index (χ2v) is 7.68. The number of hydrogen-bond acceptors (Lipinski definition) is 9. The zero-order valence-electron chi connectivity index (χ0n) is 17.4. The smallest absolute Gasteiger partial charge is 0.326 e. The van der Waals surface area contributed by atoms with Crippen LogP contribution in [0, 0.1) is 0 Å². The lowest BCUT2D eigenvalue weighted by atomic mass is 10.1. The molecule has 0 rings (SSSR count). The number of primary amides is 1. The molecule has 15 heteroatoms. The lowest BCUT2D eigenvalue weighted by Gasteiger charge is -2.24. The molecule has 0 aromatic carbocycles. The summed E-state index contributed by atoms with van der Waals surface area (Å²) in [5, 5.41) is 33.8. The standard InChI is InChI=1S/C17H29N5O9S/c1-32-5-4-9(20-14(27)8(18)7-23)15(28)22-11(6-13(25)26)16(29)21-10(17(30)31)2-3-12(19)24/h8-11,23H,2-7,18H2,1H3,(H2,19,24)(H,20,27)(H,21,29)(H,22,28)(H,25,26)(H,30,31). The lowest BCUT2D eigenvalue weighted by Crippen LogP contribution is -2.58. The van der Waals surface area contributed by atoms with Crippen molar-refractivity contribution in [3.63, 3.8) is 0 Å². The number of nitrogens with two attached hydrogens (primary N) is 2. The van der Waals surface area contributed by atoms with Crippen LogP contribution in [-0.2, 0) is 28.8 Å². The van der Waals surface area contributed by atoms with Crippen LogP contribution in [0.15, 0.2) is 0 Å². The Morgan fingerprint density at radius 3 is 1.88 bits per heavy atom. The molecular weight excluding hydrogens is 450 g/mol. The zero-order valence-corrected chi connectivity index (χ0v) is 18.2. The average molecular weight is 480 g/mol. The number of rotatable bonds is 16. The number of thioether (sulfide) groups is 1. The van der Waals surface area contributed by atoms with Gasteiger partial charge < -0.3 is 42.7 Å². The second-order valence-electron chi connectivity index (χ2n) is 6.70. The molecule has 32 heavy (non-hydrogen) atoms. The Balaban J connectivity index is 5.44. The van der Waals surface area contributed by atoms with Crippen molar-refractivity contribution in [1.29, 1.82) is 0 Å². The second kappa shape index (κ2) is 15.0. The van der Waals surface area contributed by atoms with E-state index in [2.05, 4.69) is 16.0 Å². The van der Waals surface area contributed by atoms with Gasteiger partial charge in [-0.15, -0.1) is 0 Å². The molecule has 182 valence electrons. The lowest BCUT2D eigenvalue weighted by molar-refractivity contribution is -0.143. The van der Waals surface area contributed by atoms with E-state index in [-0.39, 0.29) is 19.3 Å². The van der Waals surface area contributed by atoms with Gasteiger partial charge in [-0.3, -0.25) is 24.0 Å². The summed E-state index contributed by atoms with van der Waals surface area (Å²) in [6, 6.07) is -5.70. The van der Waals surface area contributed by atoms with Gasteiger partial charge in [0.25, 0.3) is 0 Å². The number of hydrogen-bond donors (Lipinski definition) is 8. The summed E-state index contributed by atoms with van der Waals surface area (Å²) in [7, 11) is 0. The molecule has 0 saturated heterocycles. The van der Waals surface area contributed by atoms with E-state index >= 15 is 0 Å². The minimum atomic E-state index is -1.67. The molecule has 0 heterocycles. The minimum Gasteiger partial charge on any atom is -0.481 e. The van der Waals surface area contributed by atoms with E-state index in [4.69, 9.17) is 21.7 Å². The quantitative estimate of drug-likeness (QED) is 0.107. The van der Waals surface area contributed by atoms with Crippen molar-refractivity contribution in [2.45, 2.75) is 49.9 Å². The van der Waals surface area contributed by atoms with Crippen LogP contribution in [0.25, 0.3) is 0 Å². The third kappa shape index (κ3) is 11.5. The molecule has 10 N–H and O–H groups in total. The highest BCUT2D eigenvalue weighted by molar-refractivity contribution is 7.98. The van der Waals surface area contributed by atoms with Gasteiger partial charge in [0, 0.05) is 6.42 Å². The highest BCUT2D eigenvalue weighted by atomic mass is 32.2. The Bertz CT molecular complexity index is 706. The molecule has 0 radical (unpaired) electrons. The van der Waals surface area contributed by atoms with Crippen molar-refractivity contribution < 1.29 is 44.1 Å². The number of aliphatic hydroxyl groups is 1. The first kappa shape index (κ1) is 29.1. The molecule has 4 atom stereocenters. The maximum atomic E-state index is 12.6. The first-order chi connectivity index (χ1) is 14.9. The van der Waals surface area contributed by atoms with Crippen LogP contribution >= 0.6 is 11.8 Å². The predicted molar refractivity (Wildman–Crippen MR) is 112 cm³/mol. The van der Waals surface area contributed by atoms with Gasteiger partial charge in [0.1, 0.15) is 24.2 Å². The van der Waals surface area contributed by atoms with Crippen LogP contribution in [0.3, 0.4) is 0 Å². The van der Waals surface area contributed by atoms with E-state index in [0.717, 1.165) is 0 Å². The molecule has 0 spiro atoms. The summed E-state index contributed by atoms with van der Waals surface area (Å²) in [6.45, 7) is -0.672. The van der Waals surface area contributed by atoms with E-state index < -0.39 is 72.8 Å². The fraction of sp³-hybridized carbons (Fsp3) is 0.647. The first-order valence-electron chi connectivity index (χ1n) is 9.42. The highest BCUT2D eigenvalue weighted by Crippen LogP contribution is 2.05. The molecule has 0 saturated carbocycles. The largest absolute Gasteiger partial charge is 0.481 e. The zero-order chi connectivity index (χ0) is 24.8. The Labute approximate surface area is 187 Å². The third-order valence-electron chi connectivity index (χ3n) is 4.08. The molecule has 0 aliphatic carbocycles. The van der Waals surface area contributed by atoms with Crippen LogP contribution in [0.4, 0.5) is 0 Å². The predicted octanol–water partition coefficient (Wildman–Crippen LogP) is -3.66. The number of carbonyl (C=O) groups is 6. The number of aliphatic carboxylic acids is 2. The molecule has 14 nitrogen and oxygen atoms in total. The summed E-state index contributed by atoms with van der Waals surface area (Å²) < 4.78 is 0. The van der Waals surface area contributed by atoms with Crippen LogP contribution in [0.5, 0.6) is 0 Å². The van der Waals surface area contributed by atoms with Gasteiger partial charge in [-0.25, -0.2) is 4.79 Å². The molecule has 0 bridgehead atoms. The van der Waals surface area contributed by atoms with Gasteiger partial charge >= 0.3 is 11.9 Å². The Morgan fingerprint density at radius 2 is 1.41 bits per heavy atom. The number of aliphatic hydroxyl groups excluding tert-OH is 1. The summed E-state index contributed by atoms with van der Waals surface area (Å²) in [4.78, 5) is 70.4. The van der Waals surface area contributed by atoms with Crippen molar-refractivity contribution in [1.82, 2.24) is 16.0 Å². The summed E-state index contributed by atoms with van der Waals surface area (Å²) in [5.74, 6) is -6.16. The molecule has 4 amide bonds. The van der Waals surface area contributed by atoms with Crippen LogP contribution < -0.4 is 27.4 Å². The van der Waals surface area contributed by atoms with E-state index in [0.29, 0.717) is 5.75 Å². The van der Waals surface area contributed by atoms with Crippen molar-refractivity contribution in [2.75, 3.05) is 18.6 Å². The van der Waals surface area contributed by atoms with E-state index in [1.807, 2.05) is 0 Å². The van der Waals surface area contributed by atoms with E-state index in [1.165, 1.54) is 11.8 Å². The van der Waals surface area contributed by atoms with Crippen molar-refractivity contribution >= 4 is 47.3 Å². The maximum Gasteiger partial charge on any atom is 0.326 e. The number of amides is 4. The van der Waals surface area contributed by atoms with Crippen LogP contribution in [0.2, 0.25) is 0 Å². The van der Waals surface area contributed by atoms with Crippen molar-refractivity contribution in [2.24, 2.45) is 11.5 Å².